The molecule has 0 radical (unpaired) electrons. The van der Waals surface area contributed by atoms with Crippen LogP contribution in [0.15, 0.2) is 125 Å². The molecule has 380 valence electrons. The number of halogens is 4. The largest absolute Gasteiger partial charge is 0.449 e. The van der Waals surface area contributed by atoms with Crippen molar-refractivity contribution in [1.82, 2.24) is 23.8 Å². The summed E-state index contributed by atoms with van der Waals surface area (Å²) in [4.78, 5) is 78.5. The maximum atomic E-state index is 14.2. The number of sulfonamides is 1. The zero-order valence-electron chi connectivity index (χ0n) is 37.0. The number of nitrogen functional groups attached to an aromatic ring is 1. The van der Waals surface area contributed by atoms with E-state index < -0.39 is 71.6 Å². The number of ether oxygens (including phenoxy) is 1. The first-order valence-electron chi connectivity index (χ1n) is 20.3. The van der Waals surface area contributed by atoms with Gasteiger partial charge >= 0.3 is 17.5 Å². The Morgan fingerprint density at radius 3 is 1.56 bits per heavy atom. The summed E-state index contributed by atoms with van der Waals surface area (Å²) in [6.07, 6.45) is -1.15. The minimum Gasteiger partial charge on any atom is -0.449 e. The molecule has 0 spiro atoms. The van der Waals surface area contributed by atoms with Crippen molar-refractivity contribution in [3.8, 4) is 11.4 Å². The average molecular weight is 1110 g/mol. The Labute approximate surface area is 425 Å². The number of thiophene rings is 2. The fourth-order valence-electron chi connectivity index (χ4n) is 6.50. The van der Waals surface area contributed by atoms with E-state index in [-0.39, 0.29) is 67.7 Å². The maximum Gasteiger partial charge on any atom is 0.421 e. The summed E-state index contributed by atoms with van der Waals surface area (Å²) >= 11 is 13.1. The predicted molar refractivity (Wildman–Crippen MR) is 277 cm³/mol. The third kappa shape index (κ3) is 13.0. The lowest BCUT2D eigenvalue weighted by atomic mass is 10.1. The second-order valence-electron chi connectivity index (χ2n) is 14.6. The van der Waals surface area contributed by atoms with Gasteiger partial charge in [0.2, 0.25) is 0 Å². The standard InChI is InChI=1S/C22H17ClFN3O5S2.C15H13FN4O2.C7H8ClNO4S2.CH4/c1-25-18-10-17-15(9-16(18)24)21(29)27(22(30)26-17)13-4-2-12(3-5-13)8-14(28)11-34(31,32)20-7-6-19(23)33-20;1-18-13-7-12-10(6-11(13)16)14(21)20(15(22)19-12)9-4-2-8(17)3-5-9;1-2-13-7(10)9-15(11,12)6-4-3-5(8)14-6;/h2-7,9-10,25H,8,11H2,1H3,(H,26,30);2-7,18H,17H2,1H3,(H,19,22);3-4H,2H2,1H3,(H,9,10);1H4. The SMILES string of the molecule is C.CCOC(=O)NS(=O)(=O)c1ccc(Cl)s1.CNc1cc2[nH]c(=O)n(-c3ccc(CC(=O)CS(=O)(=O)c4ccc(Cl)s4)cc3)c(=O)c2cc1F.CNc1cc2[nH]c(=O)n(-c3ccc(N)cc3)c(=O)c2cc1F. The number of rotatable bonds is 12. The predicted octanol–water partition coefficient (Wildman–Crippen LogP) is 7.07. The Hall–Kier alpha value is -7.16. The molecule has 72 heavy (non-hydrogen) atoms. The summed E-state index contributed by atoms with van der Waals surface area (Å²) in [5.74, 6) is -2.40. The molecule has 7 N–H and O–H groups in total. The molecule has 0 bridgehead atoms. The molecule has 8 aromatic rings. The molecule has 0 atom stereocenters. The number of fused-ring (bicyclic) bond motifs is 2. The van der Waals surface area contributed by atoms with Gasteiger partial charge in [0.1, 0.15) is 25.8 Å². The Morgan fingerprint density at radius 2 is 1.14 bits per heavy atom. The number of ketones is 1. The van der Waals surface area contributed by atoms with Gasteiger partial charge in [-0.3, -0.25) is 14.4 Å². The molecule has 4 aromatic heterocycles. The number of anilines is 3. The minimum absolute atomic E-state index is 0. The first-order chi connectivity index (χ1) is 33.5. The molecule has 0 fully saturated rings. The first-order valence-corrected chi connectivity index (χ1v) is 25.8. The van der Waals surface area contributed by atoms with E-state index in [1.807, 2.05) is 0 Å². The number of sulfone groups is 1. The van der Waals surface area contributed by atoms with Crippen molar-refractivity contribution < 1.29 is 39.9 Å². The number of nitrogens with one attached hydrogen (secondary N) is 5. The van der Waals surface area contributed by atoms with Crippen LogP contribution in [0.4, 0.5) is 30.6 Å². The lowest BCUT2D eigenvalue weighted by Crippen LogP contribution is -2.33. The van der Waals surface area contributed by atoms with Crippen molar-refractivity contribution in [3.05, 3.63) is 165 Å². The third-order valence-electron chi connectivity index (χ3n) is 9.77. The Balaban J connectivity index is 0.000000217. The van der Waals surface area contributed by atoms with Crippen LogP contribution in [0.2, 0.25) is 8.67 Å². The molecule has 0 unspecified atom stereocenters. The zero-order chi connectivity index (χ0) is 51.9. The van der Waals surface area contributed by atoms with E-state index in [1.54, 1.807) is 43.0 Å². The van der Waals surface area contributed by atoms with E-state index >= 15 is 0 Å². The Morgan fingerprint density at radius 1 is 0.694 bits per heavy atom. The number of aromatic nitrogens is 4. The van der Waals surface area contributed by atoms with Gasteiger partial charge in [0.25, 0.3) is 21.1 Å². The molecule has 4 heterocycles. The number of carbonyl (C=O) groups is 2. The average Bonchev–Trinajstić information content (AvgIpc) is 3.97. The van der Waals surface area contributed by atoms with E-state index in [4.69, 9.17) is 28.9 Å². The highest BCUT2D eigenvalue weighted by atomic mass is 35.5. The summed E-state index contributed by atoms with van der Waals surface area (Å²) < 4.78 is 84.3. The summed E-state index contributed by atoms with van der Waals surface area (Å²) in [6, 6.07) is 22.6. The normalized spacial score (nSPS) is 11.1. The van der Waals surface area contributed by atoms with Crippen LogP contribution in [-0.2, 0) is 35.8 Å². The quantitative estimate of drug-likeness (QED) is 0.0668. The highest BCUT2D eigenvalue weighted by molar-refractivity contribution is 7.94. The van der Waals surface area contributed by atoms with Gasteiger partial charge in [0.05, 0.1) is 59.8 Å². The van der Waals surface area contributed by atoms with Gasteiger partial charge in [-0.2, -0.15) is 0 Å². The van der Waals surface area contributed by atoms with Crippen molar-refractivity contribution in [2.45, 2.75) is 29.2 Å². The van der Waals surface area contributed by atoms with E-state index in [0.29, 0.717) is 25.6 Å². The topological polar surface area (TPSA) is 283 Å². The van der Waals surface area contributed by atoms with Crippen molar-refractivity contribution in [3.63, 3.8) is 0 Å². The molecule has 0 saturated heterocycles. The van der Waals surface area contributed by atoms with Crippen LogP contribution in [0.5, 0.6) is 0 Å². The molecular weight excluding hydrogens is 1070 g/mol. The fourth-order valence-corrected chi connectivity index (χ4v) is 11.7. The number of aromatic amines is 2. The van der Waals surface area contributed by atoms with Crippen molar-refractivity contribution >= 4 is 116 Å². The van der Waals surface area contributed by atoms with Gasteiger partial charge in [-0.15, -0.1) is 22.7 Å². The number of amides is 1. The summed E-state index contributed by atoms with van der Waals surface area (Å²) in [5, 5.41) is 5.39. The van der Waals surface area contributed by atoms with E-state index in [2.05, 4.69) is 25.3 Å². The molecule has 19 nitrogen and oxygen atoms in total. The van der Waals surface area contributed by atoms with E-state index in [0.717, 1.165) is 43.9 Å². The second-order valence-corrected chi connectivity index (χ2v) is 22.1. The lowest BCUT2D eigenvalue weighted by molar-refractivity contribution is -0.116. The van der Waals surface area contributed by atoms with Crippen LogP contribution in [0.1, 0.15) is 19.9 Å². The Bertz CT molecular complexity index is 3800. The number of carbonyl (C=O) groups excluding carboxylic acids is 2. The summed E-state index contributed by atoms with van der Waals surface area (Å²) in [5.41, 5.74) is 5.37. The highest BCUT2D eigenvalue weighted by Gasteiger charge is 2.23. The molecule has 4 aromatic carbocycles. The van der Waals surface area contributed by atoms with E-state index in [1.165, 1.54) is 67.7 Å². The number of hydrogen-bond donors (Lipinski definition) is 6. The van der Waals surface area contributed by atoms with Gasteiger partial charge < -0.3 is 31.1 Å². The van der Waals surface area contributed by atoms with Crippen molar-refractivity contribution in [1.29, 1.82) is 0 Å². The first kappa shape index (κ1) is 55.8. The van der Waals surface area contributed by atoms with Crippen LogP contribution in [-0.4, -0.2) is 74.3 Å². The van der Waals surface area contributed by atoms with Crippen LogP contribution in [0.3, 0.4) is 0 Å². The molecule has 0 saturated carbocycles. The van der Waals surface area contributed by atoms with Gasteiger partial charge in [0.15, 0.2) is 15.6 Å². The van der Waals surface area contributed by atoms with Crippen molar-refractivity contribution in [2.75, 3.05) is 42.8 Å². The van der Waals surface area contributed by atoms with E-state index in [9.17, 15) is 54.4 Å². The van der Waals surface area contributed by atoms with Crippen molar-refractivity contribution in [2.24, 2.45) is 0 Å². The van der Waals surface area contributed by atoms with Gasteiger partial charge in [-0.05, 0) is 97.4 Å². The van der Waals surface area contributed by atoms with Crippen LogP contribution < -0.4 is 43.6 Å². The van der Waals surface area contributed by atoms with Crippen LogP contribution in [0.25, 0.3) is 33.2 Å². The van der Waals surface area contributed by atoms with Gasteiger partial charge in [-0.25, -0.2) is 53.9 Å². The summed E-state index contributed by atoms with van der Waals surface area (Å²) in [7, 11) is -4.57. The minimum atomic E-state index is -3.85. The number of hydrogen-bond acceptors (Lipinski definition) is 16. The summed E-state index contributed by atoms with van der Waals surface area (Å²) in [6.45, 7) is 1.68. The number of H-pyrrole nitrogens is 2. The third-order valence-corrected chi connectivity index (χ3v) is 16.3. The number of benzene rings is 4. The molecule has 1 amide bonds. The van der Waals surface area contributed by atoms with Crippen LogP contribution >= 0.6 is 45.9 Å². The Kier molecular flexibility index (Phi) is 18.1. The molecule has 8 rings (SSSR count). The molecule has 0 aliphatic carbocycles. The van der Waals surface area contributed by atoms with Gasteiger partial charge in [0, 0.05) is 26.2 Å². The zero-order valence-corrected chi connectivity index (χ0v) is 41.7. The molecular formula is C45H42Cl2F2N8O11S4. The molecule has 0 aliphatic heterocycles. The fraction of sp³-hybridized carbons (Fsp3) is 0.156. The number of nitrogens with two attached hydrogens (primary N) is 1. The molecule has 0 aliphatic rings. The monoisotopic (exact) mass is 1110 g/mol. The molecule has 27 heteroatoms. The number of nitrogens with zero attached hydrogens (tertiary/aromatic N) is 2. The van der Waals surface area contributed by atoms with Gasteiger partial charge in [-0.1, -0.05) is 42.8 Å². The maximum absolute atomic E-state index is 14.2. The lowest BCUT2D eigenvalue weighted by Gasteiger charge is -2.09. The highest BCUT2D eigenvalue weighted by Crippen LogP contribution is 2.27. The second kappa shape index (κ2) is 23.4. The van der Waals surface area contributed by atoms with Crippen LogP contribution in [0, 0.1) is 11.6 Å². The smallest absolute Gasteiger partial charge is 0.421 e. The number of Topliss-reactive ketones (excluding diaryl/α,β-unsaturated/α-hetero) is 1.